The van der Waals surface area contributed by atoms with Crippen LogP contribution in [0.5, 0.6) is 0 Å². The zero-order valence-electron chi connectivity index (χ0n) is 13.1. The highest BCUT2D eigenvalue weighted by molar-refractivity contribution is 9.11. The maximum absolute atomic E-state index is 11.3. The fourth-order valence-corrected chi connectivity index (χ4v) is 4.75. The van der Waals surface area contributed by atoms with E-state index in [4.69, 9.17) is 0 Å². The van der Waals surface area contributed by atoms with Gasteiger partial charge < -0.3 is 5.32 Å². The number of aryl methyl sites for hydroxylation is 1. The zero-order chi connectivity index (χ0) is 17.1. The van der Waals surface area contributed by atoms with Gasteiger partial charge in [-0.25, -0.2) is 0 Å². The number of aromatic nitrogens is 3. The van der Waals surface area contributed by atoms with Gasteiger partial charge in [-0.3, -0.25) is 9.36 Å². The van der Waals surface area contributed by atoms with E-state index in [0.717, 1.165) is 31.9 Å². The Morgan fingerprint density at radius 2 is 2.17 bits per heavy atom. The number of hydrogen-bond donors (Lipinski definition) is 1. The summed E-state index contributed by atoms with van der Waals surface area (Å²) in [5.41, 5.74) is 1.69. The van der Waals surface area contributed by atoms with Gasteiger partial charge in [-0.1, -0.05) is 17.8 Å². The van der Waals surface area contributed by atoms with Crippen molar-refractivity contribution in [1.82, 2.24) is 14.8 Å². The number of thioether (sulfide) groups is 1. The monoisotopic (exact) mass is 422 g/mol. The number of hydrogen-bond acceptors (Lipinski definition) is 5. The summed E-state index contributed by atoms with van der Waals surface area (Å²) < 4.78 is 3.12. The van der Waals surface area contributed by atoms with Crippen LogP contribution in [-0.4, -0.2) is 20.7 Å². The number of nitrogens with one attached hydrogen (secondary N) is 1. The molecule has 1 aromatic carbocycles. The SMILES string of the molecule is CC(=O)Nc1cccc(-n2c(C)nnc2SCc2ccc(Br)s2)c1. The summed E-state index contributed by atoms with van der Waals surface area (Å²) in [6.45, 7) is 3.42. The van der Waals surface area contributed by atoms with Crippen LogP contribution in [0, 0.1) is 6.92 Å². The summed E-state index contributed by atoms with van der Waals surface area (Å²) in [5, 5.41) is 12.1. The van der Waals surface area contributed by atoms with Gasteiger partial charge >= 0.3 is 0 Å². The minimum atomic E-state index is -0.0921. The van der Waals surface area contributed by atoms with Crippen molar-refractivity contribution in [3.05, 3.63) is 50.9 Å². The fourth-order valence-electron chi connectivity index (χ4n) is 2.22. The molecule has 0 aliphatic rings. The molecule has 0 unspecified atom stereocenters. The summed E-state index contributed by atoms with van der Waals surface area (Å²) >= 11 is 6.84. The molecule has 1 amide bonds. The molecular formula is C16H15BrN4OS2. The van der Waals surface area contributed by atoms with Crippen LogP contribution in [-0.2, 0) is 10.5 Å². The number of halogens is 1. The number of carbonyl (C=O) groups is 1. The third-order valence-electron chi connectivity index (χ3n) is 3.19. The van der Waals surface area contributed by atoms with E-state index in [9.17, 15) is 4.79 Å². The third kappa shape index (κ3) is 4.06. The molecule has 0 fully saturated rings. The Morgan fingerprint density at radius 1 is 1.33 bits per heavy atom. The average molecular weight is 423 g/mol. The molecule has 24 heavy (non-hydrogen) atoms. The van der Waals surface area contributed by atoms with Gasteiger partial charge in [0, 0.05) is 23.2 Å². The Kier molecular flexibility index (Phi) is 5.37. The van der Waals surface area contributed by atoms with E-state index in [1.165, 1.54) is 11.8 Å². The third-order valence-corrected chi connectivity index (χ3v) is 5.98. The number of carbonyl (C=O) groups excluding carboxylic acids is 1. The summed E-state index contributed by atoms with van der Waals surface area (Å²) in [5.74, 6) is 1.55. The summed E-state index contributed by atoms with van der Waals surface area (Å²) in [7, 11) is 0. The largest absolute Gasteiger partial charge is 0.326 e. The van der Waals surface area contributed by atoms with E-state index in [1.807, 2.05) is 41.8 Å². The maximum atomic E-state index is 11.3. The van der Waals surface area contributed by atoms with Crippen LogP contribution in [0.3, 0.4) is 0 Å². The van der Waals surface area contributed by atoms with Crippen LogP contribution in [0.4, 0.5) is 5.69 Å². The van der Waals surface area contributed by atoms with Gasteiger partial charge in [0.05, 0.1) is 9.47 Å². The molecule has 124 valence electrons. The zero-order valence-corrected chi connectivity index (χ0v) is 16.3. The number of benzene rings is 1. The number of amides is 1. The lowest BCUT2D eigenvalue weighted by atomic mass is 10.2. The van der Waals surface area contributed by atoms with Crippen LogP contribution in [0.1, 0.15) is 17.6 Å². The lowest BCUT2D eigenvalue weighted by Gasteiger charge is -2.10. The standard InChI is InChI=1S/C16H15BrN4OS2/c1-10-19-20-16(23-9-14-6-7-15(17)24-14)21(10)13-5-3-4-12(8-13)18-11(2)22/h3-8H,9H2,1-2H3,(H,18,22). The Balaban J connectivity index is 1.85. The molecule has 2 heterocycles. The molecule has 0 atom stereocenters. The van der Waals surface area contributed by atoms with E-state index >= 15 is 0 Å². The second-order valence-corrected chi connectivity index (χ2v) is 8.58. The molecule has 0 saturated heterocycles. The van der Waals surface area contributed by atoms with Gasteiger partial charge in [-0.2, -0.15) is 0 Å². The summed E-state index contributed by atoms with van der Waals surface area (Å²) in [6, 6.07) is 11.8. The molecule has 8 heteroatoms. The topological polar surface area (TPSA) is 59.8 Å². The molecular weight excluding hydrogens is 408 g/mol. The van der Waals surface area contributed by atoms with Crippen LogP contribution < -0.4 is 5.32 Å². The number of rotatable bonds is 5. The van der Waals surface area contributed by atoms with Crippen LogP contribution in [0.25, 0.3) is 5.69 Å². The molecule has 0 bridgehead atoms. The van der Waals surface area contributed by atoms with Crippen LogP contribution in [0.15, 0.2) is 45.3 Å². The van der Waals surface area contributed by atoms with E-state index in [0.29, 0.717) is 0 Å². The highest BCUT2D eigenvalue weighted by Crippen LogP contribution is 2.30. The Hall–Kier alpha value is -1.64. The van der Waals surface area contributed by atoms with Gasteiger partial charge in [0.15, 0.2) is 5.16 Å². The van der Waals surface area contributed by atoms with Crippen LogP contribution in [0.2, 0.25) is 0 Å². The van der Waals surface area contributed by atoms with E-state index in [-0.39, 0.29) is 5.91 Å². The maximum Gasteiger partial charge on any atom is 0.221 e. The summed E-state index contributed by atoms with van der Waals surface area (Å²) in [4.78, 5) is 12.5. The number of anilines is 1. The van der Waals surface area contributed by atoms with Crippen molar-refractivity contribution < 1.29 is 4.79 Å². The minimum Gasteiger partial charge on any atom is -0.326 e. The predicted octanol–water partition coefficient (Wildman–Crippen LogP) is 4.65. The van der Waals surface area contributed by atoms with E-state index in [2.05, 4.69) is 37.5 Å². The molecule has 5 nitrogen and oxygen atoms in total. The molecule has 0 saturated carbocycles. The highest BCUT2D eigenvalue weighted by Gasteiger charge is 2.13. The molecule has 0 radical (unpaired) electrons. The van der Waals surface area contributed by atoms with Gasteiger partial charge in [0.25, 0.3) is 0 Å². The molecule has 0 aliphatic heterocycles. The lowest BCUT2D eigenvalue weighted by Crippen LogP contribution is -2.07. The molecule has 2 aromatic heterocycles. The second-order valence-electron chi connectivity index (χ2n) is 5.09. The first-order valence-corrected chi connectivity index (χ1v) is 9.79. The fraction of sp³-hybridized carbons (Fsp3) is 0.188. The number of nitrogens with zero attached hydrogens (tertiary/aromatic N) is 3. The van der Waals surface area contributed by atoms with Crippen molar-refractivity contribution >= 4 is 50.6 Å². The average Bonchev–Trinajstić information content (AvgIpc) is 3.10. The lowest BCUT2D eigenvalue weighted by molar-refractivity contribution is -0.114. The van der Waals surface area contributed by atoms with Crippen molar-refractivity contribution in [2.24, 2.45) is 0 Å². The molecule has 3 aromatic rings. The molecule has 3 rings (SSSR count). The van der Waals surface area contributed by atoms with E-state index < -0.39 is 0 Å². The van der Waals surface area contributed by atoms with E-state index in [1.54, 1.807) is 23.1 Å². The van der Waals surface area contributed by atoms with Gasteiger partial charge in [0.1, 0.15) is 5.82 Å². The van der Waals surface area contributed by atoms with Gasteiger partial charge in [0.2, 0.25) is 5.91 Å². The normalized spacial score (nSPS) is 10.8. The Labute approximate surface area is 156 Å². The summed E-state index contributed by atoms with van der Waals surface area (Å²) in [6.07, 6.45) is 0. The van der Waals surface area contributed by atoms with Crippen molar-refractivity contribution in [2.45, 2.75) is 24.8 Å². The molecule has 0 aliphatic carbocycles. The van der Waals surface area contributed by atoms with Crippen molar-refractivity contribution in [3.63, 3.8) is 0 Å². The van der Waals surface area contributed by atoms with Gasteiger partial charge in [-0.15, -0.1) is 21.5 Å². The smallest absolute Gasteiger partial charge is 0.221 e. The predicted molar refractivity (Wildman–Crippen MR) is 102 cm³/mol. The molecule has 0 spiro atoms. The Morgan fingerprint density at radius 3 is 2.88 bits per heavy atom. The van der Waals surface area contributed by atoms with Crippen molar-refractivity contribution in [3.8, 4) is 5.69 Å². The quantitative estimate of drug-likeness (QED) is 0.607. The first-order chi connectivity index (χ1) is 11.5. The molecule has 1 N–H and O–H groups in total. The number of thiophene rings is 1. The van der Waals surface area contributed by atoms with Gasteiger partial charge in [-0.05, 0) is 53.2 Å². The van der Waals surface area contributed by atoms with Crippen molar-refractivity contribution in [2.75, 3.05) is 5.32 Å². The van der Waals surface area contributed by atoms with Crippen LogP contribution >= 0.6 is 39.0 Å². The Bertz CT molecular complexity index is 875. The van der Waals surface area contributed by atoms with Crippen molar-refractivity contribution in [1.29, 1.82) is 0 Å². The minimum absolute atomic E-state index is 0.0921. The first-order valence-electron chi connectivity index (χ1n) is 7.20. The highest BCUT2D eigenvalue weighted by atomic mass is 79.9. The second kappa shape index (κ2) is 7.50. The first kappa shape index (κ1) is 17.2.